The Kier molecular flexibility index (Phi) is 5.62. The highest BCUT2D eigenvalue weighted by Crippen LogP contribution is 2.30. The van der Waals surface area contributed by atoms with Gasteiger partial charge in [-0.15, -0.1) is 0 Å². The molecule has 2 aliphatic heterocycles. The van der Waals surface area contributed by atoms with Crippen molar-refractivity contribution in [2.24, 2.45) is 5.92 Å². The van der Waals surface area contributed by atoms with Crippen molar-refractivity contribution in [1.82, 2.24) is 20.2 Å². The molecule has 148 valence electrons. The molecule has 1 aromatic heterocycles. The zero-order valence-corrected chi connectivity index (χ0v) is 16.7. The predicted octanol–water partition coefficient (Wildman–Crippen LogP) is 2.56. The summed E-state index contributed by atoms with van der Waals surface area (Å²) in [4.78, 5) is 26.3. The van der Waals surface area contributed by atoms with Gasteiger partial charge in [-0.25, -0.2) is 9.97 Å². The number of carbonyl (C=O) groups is 1. The van der Waals surface area contributed by atoms with E-state index in [4.69, 9.17) is 0 Å². The van der Waals surface area contributed by atoms with Gasteiger partial charge in [0.05, 0.1) is 5.92 Å². The molecular formula is C21H33N5O. The van der Waals surface area contributed by atoms with E-state index in [2.05, 4.69) is 38.9 Å². The van der Waals surface area contributed by atoms with E-state index in [1.165, 1.54) is 18.4 Å². The maximum Gasteiger partial charge on any atom is 0.224 e. The smallest absolute Gasteiger partial charge is 0.224 e. The fourth-order valence-electron chi connectivity index (χ4n) is 4.55. The molecule has 1 amide bonds. The van der Waals surface area contributed by atoms with Gasteiger partial charge in [0, 0.05) is 43.5 Å². The van der Waals surface area contributed by atoms with Crippen molar-refractivity contribution in [3.8, 4) is 0 Å². The topological polar surface area (TPSA) is 61.4 Å². The lowest BCUT2D eigenvalue weighted by Crippen LogP contribution is -2.51. The van der Waals surface area contributed by atoms with E-state index in [-0.39, 0.29) is 5.92 Å². The van der Waals surface area contributed by atoms with E-state index >= 15 is 0 Å². The second kappa shape index (κ2) is 8.13. The van der Waals surface area contributed by atoms with Crippen molar-refractivity contribution in [1.29, 1.82) is 0 Å². The van der Waals surface area contributed by atoms with Gasteiger partial charge < -0.3 is 10.2 Å². The van der Waals surface area contributed by atoms with Crippen LogP contribution in [0.4, 0.5) is 5.82 Å². The molecule has 1 aliphatic carbocycles. The lowest BCUT2D eigenvalue weighted by Gasteiger charge is -2.42. The van der Waals surface area contributed by atoms with E-state index in [9.17, 15) is 4.79 Å². The summed E-state index contributed by atoms with van der Waals surface area (Å²) >= 11 is 0. The number of amides is 1. The molecule has 0 spiro atoms. The Morgan fingerprint density at radius 3 is 2.63 bits per heavy atom. The molecule has 4 rings (SSSR count). The number of rotatable bonds is 5. The van der Waals surface area contributed by atoms with Crippen molar-refractivity contribution in [3.05, 3.63) is 18.1 Å². The van der Waals surface area contributed by atoms with Crippen LogP contribution in [0.1, 0.15) is 63.9 Å². The van der Waals surface area contributed by atoms with Crippen LogP contribution >= 0.6 is 0 Å². The largest absolute Gasteiger partial charge is 0.356 e. The SMILES string of the molecule is CC(C)c1cncnc1N1CCC(N2CCC[C@H](C(=O)NC3CC3)C2)CC1. The van der Waals surface area contributed by atoms with Crippen molar-refractivity contribution in [3.63, 3.8) is 0 Å². The number of hydrogen-bond acceptors (Lipinski definition) is 5. The number of aromatic nitrogens is 2. The summed E-state index contributed by atoms with van der Waals surface area (Å²) in [6.45, 7) is 8.56. The molecule has 0 unspecified atom stereocenters. The van der Waals surface area contributed by atoms with Gasteiger partial charge in [-0.2, -0.15) is 0 Å². The van der Waals surface area contributed by atoms with E-state index < -0.39 is 0 Å². The minimum absolute atomic E-state index is 0.187. The first kappa shape index (κ1) is 18.7. The fourth-order valence-corrected chi connectivity index (χ4v) is 4.55. The Bertz CT molecular complexity index is 652. The van der Waals surface area contributed by atoms with Crippen LogP contribution in [0.5, 0.6) is 0 Å². The third-order valence-electron chi connectivity index (χ3n) is 6.37. The van der Waals surface area contributed by atoms with E-state index in [0.29, 0.717) is 23.9 Å². The van der Waals surface area contributed by atoms with Gasteiger partial charge in [0.25, 0.3) is 0 Å². The van der Waals surface area contributed by atoms with Crippen molar-refractivity contribution in [2.75, 3.05) is 31.1 Å². The number of likely N-dealkylation sites (tertiary alicyclic amines) is 1. The first-order valence-electron chi connectivity index (χ1n) is 10.7. The molecule has 0 radical (unpaired) electrons. The standard InChI is InChI=1S/C21H33N5O/c1-15(2)19-12-22-14-23-20(19)25-10-7-18(8-11-25)26-9-3-4-16(13-26)21(27)24-17-5-6-17/h12,14-18H,3-11,13H2,1-2H3,(H,24,27)/t16-/m0/s1. The van der Waals surface area contributed by atoms with Gasteiger partial charge in [-0.1, -0.05) is 13.8 Å². The Morgan fingerprint density at radius 1 is 1.15 bits per heavy atom. The summed E-state index contributed by atoms with van der Waals surface area (Å²) in [6, 6.07) is 1.07. The number of hydrogen-bond donors (Lipinski definition) is 1. The molecular weight excluding hydrogens is 338 g/mol. The maximum atomic E-state index is 12.5. The van der Waals surface area contributed by atoms with Crippen LogP contribution < -0.4 is 10.2 Å². The molecule has 27 heavy (non-hydrogen) atoms. The highest BCUT2D eigenvalue weighted by atomic mass is 16.2. The van der Waals surface area contributed by atoms with Gasteiger partial charge in [0.15, 0.2) is 0 Å². The normalized spacial score (nSPS) is 25.0. The number of anilines is 1. The summed E-state index contributed by atoms with van der Waals surface area (Å²) in [5.41, 5.74) is 1.24. The quantitative estimate of drug-likeness (QED) is 0.862. The van der Waals surface area contributed by atoms with Crippen LogP contribution in [0.15, 0.2) is 12.5 Å². The Morgan fingerprint density at radius 2 is 1.93 bits per heavy atom. The summed E-state index contributed by atoms with van der Waals surface area (Å²) in [5, 5.41) is 3.20. The van der Waals surface area contributed by atoms with E-state index in [1.807, 2.05) is 6.20 Å². The molecule has 1 atom stereocenters. The maximum absolute atomic E-state index is 12.5. The van der Waals surface area contributed by atoms with Gasteiger partial charge in [0.2, 0.25) is 5.91 Å². The van der Waals surface area contributed by atoms with Crippen LogP contribution in [-0.4, -0.2) is 59.0 Å². The van der Waals surface area contributed by atoms with Crippen molar-refractivity contribution in [2.45, 2.75) is 70.4 Å². The molecule has 1 N–H and O–H groups in total. The van der Waals surface area contributed by atoms with Crippen LogP contribution in [0, 0.1) is 5.92 Å². The first-order chi connectivity index (χ1) is 13.1. The van der Waals surface area contributed by atoms with Gasteiger partial charge in [-0.3, -0.25) is 9.69 Å². The Labute approximate surface area is 162 Å². The second-order valence-corrected chi connectivity index (χ2v) is 8.79. The monoisotopic (exact) mass is 371 g/mol. The average Bonchev–Trinajstić information content (AvgIpc) is 3.52. The number of piperidine rings is 2. The second-order valence-electron chi connectivity index (χ2n) is 8.79. The number of nitrogens with zero attached hydrogens (tertiary/aromatic N) is 4. The van der Waals surface area contributed by atoms with Crippen molar-refractivity contribution < 1.29 is 4.79 Å². The molecule has 0 bridgehead atoms. The Hall–Kier alpha value is -1.69. The molecule has 3 aliphatic rings. The number of carbonyl (C=O) groups excluding carboxylic acids is 1. The van der Waals surface area contributed by atoms with Gasteiger partial charge >= 0.3 is 0 Å². The van der Waals surface area contributed by atoms with E-state index in [1.54, 1.807) is 6.33 Å². The lowest BCUT2D eigenvalue weighted by molar-refractivity contribution is -0.127. The molecule has 6 heteroatoms. The van der Waals surface area contributed by atoms with Crippen LogP contribution in [0.3, 0.4) is 0 Å². The summed E-state index contributed by atoms with van der Waals surface area (Å²) in [6.07, 6.45) is 10.5. The highest BCUT2D eigenvalue weighted by Gasteiger charge is 2.34. The molecule has 1 aromatic rings. The van der Waals surface area contributed by atoms with Crippen molar-refractivity contribution >= 4 is 11.7 Å². The Balaban J connectivity index is 1.33. The van der Waals surface area contributed by atoms with Crippen LogP contribution in [0.2, 0.25) is 0 Å². The first-order valence-corrected chi connectivity index (χ1v) is 10.7. The summed E-state index contributed by atoms with van der Waals surface area (Å²) < 4.78 is 0. The average molecular weight is 372 g/mol. The molecule has 2 saturated heterocycles. The predicted molar refractivity (Wildman–Crippen MR) is 107 cm³/mol. The minimum Gasteiger partial charge on any atom is -0.356 e. The zero-order chi connectivity index (χ0) is 18.8. The van der Waals surface area contributed by atoms with E-state index in [0.717, 1.165) is 57.7 Å². The van der Waals surface area contributed by atoms with Crippen LogP contribution in [-0.2, 0) is 4.79 Å². The minimum atomic E-state index is 0.187. The third kappa shape index (κ3) is 4.42. The summed E-state index contributed by atoms with van der Waals surface area (Å²) in [7, 11) is 0. The lowest BCUT2D eigenvalue weighted by atomic mass is 9.93. The number of nitrogens with one attached hydrogen (secondary N) is 1. The molecule has 6 nitrogen and oxygen atoms in total. The van der Waals surface area contributed by atoms with Gasteiger partial charge in [0.1, 0.15) is 12.1 Å². The molecule has 1 saturated carbocycles. The zero-order valence-electron chi connectivity index (χ0n) is 16.7. The summed E-state index contributed by atoms with van der Waals surface area (Å²) in [5.74, 6) is 2.03. The van der Waals surface area contributed by atoms with Gasteiger partial charge in [-0.05, 0) is 51.0 Å². The molecule has 3 heterocycles. The molecule has 3 fully saturated rings. The third-order valence-corrected chi connectivity index (χ3v) is 6.37. The fraction of sp³-hybridized carbons (Fsp3) is 0.762. The van der Waals surface area contributed by atoms with Crippen LogP contribution in [0.25, 0.3) is 0 Å². The molecule has 0 aromatic carbocycles. The highest BCUT2D eigenvalue weighted by molar-refractivity contribution is 5.79.